The van der Waals surface area contributed by atoms with E-state index in [2.05, 4.69) is 10.1 Å². The van der Waals surface area contributed by atoms with Crippen molar-refractivity contribution in [2.45, 2.75) is 32.1 Å². The number of aryl methyl sites for hydroxylation is 1. The van der Waals surface area contributed by atoms with E-state index in [4.69, 9.17) is 0 Å². The summed E-state index contributed by atoms with van der Waals surface area (Å²) in [5.41, 5.74) is 0.204. The SMILES string of the molecule is O=C(c1ccc(F)cc1)C1CCN(C(=O)CCCc2nn3cc(F)cc3c(=O)[nH]2)CC1. The van der Waals surface area contributed by atoms with E-state index in [-0.39, 0.29) is 28.9 Å². The maximum atomic E-state index is 13.3. The van der Waals surface area contributed by atoms with Crippen molar-refractivity contribution in [3.63, 3.8) is 0 Å². The predicted molar refractivity (Wildman–Crippen MR) is 109 cm³/mol. The van der Waals surface area contributed by atoms with Gasteiger partial charge in [-0.1, -0.05) is 0 Å². The van der Waals surface area contributed by atoms with Crippen LogP contribution in [-0.2, 0) is 11.2 Å². The summed E-state index contributed by atoms with van der Waals surface area (Å²) < 4.78 is 27.5. The minimum absolute atomic E-state index is 0.0110. The number of ketones is 1. The van der Waals surface area contributed by atoms with Crippen LogP contribution < -0.4 is 5.56 Å². The Morgan fingerprint density at radius 1 is 1.10 bits per heavy atom. The van der Waals surface area contributed by atoms with Gasteiger partial charge in [-0.3, -0.25) is 14.4 Å². The number of benzene rings is 1. The maximum Gasteiger partial charge on any atom is 0.275 e. The highest BCUT2D eigenvalue weighted by atomic mass is 19.1. The molecule has 1 aliphatic rings. The van der Waals surface area contributed by atoms with Crippen molar-refractivity contribution in [3.05, 3.63) is 69.9 Å². The van der Waals surface area contributed by atoms with Gasteiger partial charge in [-0.2, -0.15) is 5.10 Å². The van der Waals surface area contributed by atoms with Crippen molar-refractivity contribution in [2.24, 2.45) is 5.92 Å². The Balaban J connectivity index is 1.26. The fraction of sp³-hybridized carbons (Fsp3) is 0.364. The lowest BCUT2D eigenvalue weighted by molar-refractivity contribution is -0.132. The number of aromatic amines is 1. The number of hydrogen-bond donors (Lipinski definition) is 1. The van der Waals surface area contributed by atoms with Crippen molar-refractivity contribution >= 4 is 17.2 Å². The zero-order valence-corrected chi connectivity index (χ0v) is 16.8. The Morgan fingerprint density at radius 2 is 1.81 bits per heavy atom. The van der Waals surface area contributed by atoms with Crippen molar-refractivity contribution in [3.8, 4) is 0 Å². The molecule has 31 heavy (non-hydrogen) atoms. The molecule has 1 fully saturated rings. The third-order valence-electron chi connectivity index (χ3n) is 5.64. The number of piperidine rings is 1. The minimum atomic E-state index is -0.536. The molecule has 1 amide bonds. The molecule has 1 N–H and O–H groups in total. The molecule has 7 nitrogen and oxygen atoms in total. The molecule has 3 heterocycles. The van der Waals surface area contributed by atoms with Crippen LogP contribution in [0.5, 0.6) is 0 Å². The first-order valence-corrected chi connectivity index (χ1v) is 10.3. The van der Waals surface area contributed by atoms with E-state index < -0.39 is 11.4 Å². The summed E-state index contributed by atoms with van der Waals surface area (Å²) in [5.74, 6) is -0.715. The molecule has 0 bridgehead atoms. The average molecular weight is 428 g/mol. The van der Waals surface area contributed by atoms with Gasteiger partial charge in [0.15, 0.2) is 5.78 Å². The molecule has 3 aromatic rings. The van der Waals surface area contributed by atoms with Gasteiger partial charge in [-0.25, -0.2) is 13.3 Å². The first kappa shape index (κ1) is 20.9. The van der Waals surface area contributed by atoms with Crippen LogP contribution in [-0.4, -0.2) is 44.3 Å². The number of halogens is 2. The van der Waals surface area contributed by atoms with Crippen molar-refractivity contribution in [1.82, 2.24) is 19.5 Å². The second-order valence-corrected chi connectivity index (χ2v) is 7.77. The number of carbonyl (C=O) groups excluding carboxylic acids is 2. The molecule has 162 valence electrons. The van der Waals surface area contributed by atoms with Gasteiger partial charge in [0.25, 0.3) is 5.56 Å². The fourth-order valence-electron chi connectivity index (χ4n) is 3.94. The number of H-pyrrole nitrogens is 1. The van der Waals surface area contributed by atoms with Gasteiger partial charge in [0.2, 0.25) is 5.91 Å². The Hall–Kier alpha value is -3.36. The number of nitrogens with zero attached hydrogens (tertiary/aromatic N) is 3. The molecule has 1 aromatic carbocycles. The summed E-state index contributed by atoms with van der Waals surface area (Å²) in [7, 11) is 0. The lowest BCUT2D eigenvalue weighted by Crippen LogP contribution is -2.40. The number of rotatable bonds is 6. The summed E-state index contributed by atoms with van der Waals surface area (Å²) in [6, 6.07) is 6.65. The quantitative estimate of drug-likeness (QED) is 0.612. The van der Waals surface area contributed by atoms with E-state index in [1.54, 1.807) is 4.90 Å². The zero-order valence-electron chi connectivity index (χ0n) is 16.8. The molecule has 1 saturated heterocycles. The highest BCUT2D eigenvalue weighted by Gasteiger charge is 2.27. The number of likely N-dealkylation sites (tertiary alicyclic amines) is 1. The molecule has 2 aromatic heterocycles. The molecule has 0 spiro atoms. The van der Waals surface area contributed by atoms with Gasteiger partial charge >= 0.3 is 0 Å². The van der Waals surface area contributed by atoms with E-state index >= 15 is 0 Å². The van der Waals surface area contributed by atoms with Crippen LogP contribution >= 0.6 is 0 Å². The Kier molecular flexibility index (Phi) is 5.92. The Morgan fingerprint density at radius 3 is 2.52 bits per heavy atom. The predicted octanol–water partition coefficient (Wildman–Crippen LogP) is 2.75. The minimum Gasteiger partial charge on any atom is -0.343 e. The van der Waals surface area contributed by atoms with Gasteiger partial charge in [-0.05, 0) is 43.5 Å². The molecule has 0 unspecified atom stereocenters. The van der Waals surface area contributed by atoms with Crippen LogP contribution in [0, 0.1) is 17.6 Å². The summed E-state index contributed by atoms with van der Waals surface area (Å²) in [6.07, 6.45) is 3.45. The number of hydrogen-bond acceptors (Lipinski definition) is 4. The van der Waals surface area contributed by atoms with Crippen LogP contribution in [0.3, 0.4) is 0 Å². The molecule has 0 saturated carbocycles. The Bertz CT molecular complexity index is 1160. The summed E-state index contributed by atoms with van der Waals surface area (Å²) in [6.45, 7) is 1.00. The highest BCUT2D eigenvalue weighted by molar-refractivity contribution is 5.98. The molecule has 0 atom stereocenters. The largest absolute Gasteiger partial charge is 0.343 e. The second kappa shape index (κ2) is 8.79. The molecule has 0 aliphatic carbocycles. The molecule has 9 heteroatoms. The molecular formula is C22H22F2N4O3. The smallest absolute Gasteiger partial charge is 0.275 e. The van der Waals surface area contributed by atoms with Crippen molar-refractivity contribution in [2.75, 3.05) is 13.1 Å². The fourth-order valence-corrected chi connectivity index (χ4v) is 3.94. The van der Waals surface area contributed by atoms with Gasteiger partial charge in [0.1, 0.15) is 23.0 Å². The van der Waals surface area contributed by atoms with Crippen molar-refractivity contribution in [1.29, 1.82) is 0 Å². The Labute approximate surface area is 176 Å². The number of aromatic nitrogens is 3. The monoisotopic (exact) mass is 428 g/mol. The van der Waals surface area contributed by atoms with Gasteiger partial charge in [0.05, 0.1) is 6.20 Å². The van der Waals surface area contributed by atoms with Crippen LogP contribution in [0.25, 0.3) is 5.52 Å². The first-order chi connectivity index (χ1) is 14.9. The molecular weight excluding hydrogens is 406 g/mol. The number of carbonyl (C=O) groups is 2. The lowest BCUT2D eigenvalue weighted by atomic mass is 9.88. The van der Waals surface area contributed by atoms with Gasteiger partial charge in [-0.15, -0.1) is 0 Å². The molecule has 1 aliphatic heterocycles. The van der Waals surface area contributed by atoms with E-state index in [0.717, 1.165) is 12.3 Å². The standard InChI is InChI=1S/C22H22F2N4O3/c23-16-6-4-14(5-7-16)21(30)15-8-10-27(11-9-15)20(29)3-1-2-19-25-22(31)18-12-17(24)13-28(18)26-19/h4-7,12-13,15H,1-3,8-11H2,(H,25,26,31). The van der Waals surface area contributed by atoms with Crippen LogP contribution in [0.1, 0.15) is 41.9 Å². The van der Waals surface area contributed by atoms with E-state index in [1.807, 2.05) is 0 Å². The first-order valence-electron chi connectivity index (χ1n) is 10.3. The van der Waals surface area contributed by atoms with Gasteiger partial charge < -0.3 is 9.88 Å². The summed E-state index contributed by atoms with van der Waals surface area (Å²) in [4.78, 5) is 41.4. The van der Waals surface area contributed by atoms with E-state index in [9.17, 15) is 23.2 Å². The number of amides is 1. The zero-order chi connectivity index (χ0) is 22.0. The van der Waals surface area contributed by atoms with E-state index in [1.165, 1.54) is 28.8 Å². The third kappa shape index (κ3) is 4.70. The topological polar surface area (TPSA) is 87.5 Å². The summed E-state index contributed by atoms with van der Waals surface area (Å²) in [5, 5.41) is 4.17. The molecule has 0 radical (unpaired) electrons. The van der Waals surface area contributed by atoms with Crippen LogP contribution in [0.15, 0.2) is 41.3 Å². The third-order valence-corrected chi connectivity index (χ3v) is 5.64. The van der Waals surface area contributed by atoms with Crippen molar-refractivity contribution < 1.29 is 18.4 Å². The maximum absolute atomic E-state index is 13.3. The molecule has 4 rings (SSSR count). The van der Waals surface area contributed by atoms with Crippen LogP contribution in [0.2, 0.25) is 0 Å². The lowest BCUT2D eigenvalue weighted by Gasteiger charge is -2.31. The number of Topliss-reactive ketones (excluding diaryl/α,β-unsaturated/α-hetero) is 1. The summed E-state index contributed by atoms with van der Waals surface area (Å²) >= 11 is 0. The second-order valence-electron chi connectivity index (χ2n) is 7.77. The number of nitrogens with one attached hydrogen (secondary N) is 1. The number of fused-ring (bicyclic) bond motifs is 1. The van der Waals surface area contributed by atoms with Crippen LogP contribution in [0.4, 0.5) is 8.78 Å². The van der Waals surface area contributed by atoms with Gasteiger partial charge in [0, 0.05) is 43.5 Å². The highest BCUT2D eigenvalue weighted by Crippen LogP contribution is 2.22. The average Bonchev–Trinajstić information content (AvgIpc) is 3.15. The van der Waals surface area contributed by atoms with E-state index in [0.29, 0.717) is 56.6 Å². The normalized spacial score (nSPS) is 14.8.